The molecular formula is C14H13N3O. The number of nitrogens with two attached hydrogens (primary N) is 1. The van der Waals surface area contributed by atoms with Gasteiger partial charge in [0.25, 0.3) is 5.56 Å². The number of aromatic nitrogens is 1. The molecule has 0 amide bonds. The van der Waals surface area contributed by atoms with Crippen LogP contribution in [0.15, 0.2) is 41.3 Å². The van der Waals surface area contributed by atoms with Gasteiger partial charge < -0.3 is 10.3 Å². The van der Waals surface area contributed by atoms with Crippen LogP contribution in [0.2, 0.25) is 0 Å². The topological polar surface area (TPSA) is 71.8 Å². The van der Waals surface area contributed by atoms with E-state index < -0.39 is 0 Å². The molecule has 0 aliphatic carbocycles. The van der Waals surface area contributed by atoms with Crippen LogP contribution in [0.5, 0.6) is 0 Å². The monoisotopic (exact) mass is 239 g/mol. The second-order valence-electron chi connectivity index (χ2n) is 3.97. The van der Waals surface area contributed by atoms with E-state index in [2.05, 4.69) is 0 Å². The van der Waals surface area contributed by atoms with Gasteiger partial charge in [0.15, 0.2) is 0 Å². The Hall–Kier alpha value is -2.54. The van der Waals surface area contributed by atoms with Gasteiger partial charge in [-0.2, -0.15) is 5.26 Å². The summed E-state index contributed by atoms with van der Waals surface area (Å²) in [5.41, 5.74) is 8.00. The quantitative estimate of drug-likeness (QED) is 0.814. The minimum atomic E-state index is -0.251. The van der Waals surface area contributed by atoms with Gasteiger partial charge in [0.05, 0.1) is 0 Å². The number of hydrogen-bond donors (Lipinski definition) is 1. The molecule has 0 atom stereocenters. The van der Waals surface area contributed by atoms with Crippen LogP contribution in [0.1, 0.15) is 12.5 Å². The predicted octanol–water partition coefficient (Wildman–Crippen LogP) is 1.99. The van der Waals surface area contributed by atoms with Crippen molar-refractivity contribution in [1.29, 1.82) is 5.26 Å². The van der Waals surface area contributed by atoms with Crippen LogP contribution in [0.25, 0.3) is 11.1 Å². The molecule has 90 valence electrons. The van der Waals surface area contributed by atoms with Gasteiger partial charge in [0.2, 0.25) is 0 Å². The molecule has 4 nitrogen and oxygen atoms in total. The number of rotatable bonds is 2. The summed E-state index contributed by atoms with van der Waals surface area (Å²) < 4.78 is 1.53. The number of nitrogen functional groups attached to an aromatic ring is 1. The third-order valence-corrected chi connectivity index (χ3v) is 2.79. The van der Waals surface area contributed by atoms with Gasteiger partial charge in [-0.1, -0.05) is 12.1 Å². The van der Waals surface area contributed by atoms with Crippen molar-refractivity contribution >= 4 is 5.69 Å². The molecular weight excluding hydrogens is 226 g/mol. The van der Waals surface area contributed by atoms with E-state index in [0.717, 1.165) is 11.1 Å². The first-order chi connectivity index (χ1) is 8.65. The summed E-state index contributed by atoms with van der Waals surface area (Å²) in [7, 11) is 0. The molecule has 2 N–H and O–H groups in total. The van der Waals surface area contributed by atoms with Crippen molar-refractivity contribution in [1.82, 2.24) is 4.57 Å². The van der Waals surface area contributed by atoms with Crippen molar-refractivity contribution in [3.8, 4) is 17.2 Å². The number of aryl methyl sites for hydroxylation is 1. The summed E-state index contributed by atoms with van der Waals surface area (Å²) in [6.45, 7) is 2.41. The largest absolute Gasteiger partial charge is 0.399 e. The number of benzene rings is 1. The minimum absolute atomic E-state index is 0.158. The molecule has 2 aromatic rings. The fourth-order valence-electron chi connectivity index (χ4n) is 1.78. The average molecular weight is 239 g/mol. The lowest BCUT2D eigenvalue weighted by Crippen LogP contribution is -2.21. The standard InChI is InChI=1S/C14H13N3O/c1-2-17-9-12(7-11(8-15)14(17)18)10-3-5-13(16)6-4-10/h3-7,9H,2,16H2,1H3. The highest BCUT2D eigenvalue weighted by Crippen LogP contribution is 2.20. The van der Waals surface area contributed by atoms with Crippen molar-refractivity contribution < 1.29 is 0 Å². The van der Waals surface area contributed by atoms with Gasteiger partial charge in [0.1, 0.15) is 11.6 Å². The first-order valence-corrected chi connectivity index (χ1v) is 5.66. The molecule has 1 aromatic heterocycles. The fourth-order valence-corrected chi connectivity index (χ4v) is 1.78. The molecule has 0 radical (unpaired) electrons. The fraction of sp³-hybridized carbons (Fsp3) is 0.143. The van der Waals surface area contributed by atoms with Crippen molar-refractivity contribution in [2.45, 2.75) is 13.5 Å². The van der Waals surface area contributed by atoms with Crippen molar-refractivity contribution in [2.75, 3.05) is 5.73 Å². The third kappa shape index (κ3) is 2.11. The van der Waals surface area contributed by atoms with Gasteiger partial charge in [0, 0.05) is 18.4 Å². The minimum Gasteiger partial charge on any atom is -0.399 e. The Morgan fingerprint density at radius 3 is 2.50 bits per heavy atom. The zero-order valence-corrected chi connectivity index (χ0v) is 10.1. The van der Waals surface area contributed by atoms with Crippen LogP contribution in [0.3, 0.4) is 0 Å². The van der Waals surface area contributed by atoms with Gasteiger partial charge in [-0.05, 0) is 36.2 Å². The molecule has 4 heteroatoms. The molecule has 0 bridgehead atoms. The number of nitrogens with zero attached hydrogens (tertiary/aromatic N) is 2. The van der Waals surface area contributed by atoms with Crippen molar-refractivity contribution in [3.05, 3.63) is 52.4 Å². The molecule has 2 rings (SSSR count). The lowest BCUT2D eigenvalue weighted by atomic mass is 10.1. The Labute approximate surface area is 105 Å². The maximum atomic E-state index is 11.8. The summed E-state index contributed by atoms with van der Waals surface area (Å²) >= 11 is 0. The van der Waals surface area contributed by atoms with Crippen LogP contribution in [0, 0.1) is 11.3 Å². The van der Waals surface area contributed by atoms with Crippen LogP contribution in [0.4, 0.5) is 5.69 Å². The van der Waals surface area contributed by atoms with Gasteiger partial charge in [-0.3, -0.25) is 4.79 Å². The highest BCUT2D eigenvalue weighted by atomic mass is 16.1. The van der Waals surface area contributed by atoms with E-state index in [1.807, 2.05) is 25.1 Å². The van der Waals surface area contributed by atoms with E-state index in [0.29, 0.717) is 12.2 Å². The lowest BCUT2D eigenvalue weighted by Gasteiger charge is -2.07. The summed E-state index contributed by atoms with van der Waals surface area (Å²) in [5.74, 6) is 0. The van der Waals surface area contributed by atoms with Gasteiger partial charge in [-0.15, -0.1) is 0 Å². The molecule has 0 saturated carbocycles. The lowest BCUT2D eigenvalue weighted by molar-refractivity contribution is 0.726. The Bertz CT molecular complexity index is 663. The Morgan fingerprint density at radius 1 is 1.28 bits per heavy atom. The zero-order valence-electron chi connectivity index (χ0n) is 10.1. The second-order valence-corrected chi connectivity index (χ2v) is 3.97. The number of hydrogen-bond acceptors (Lipinski definition) is 3. The third-order valence-electron chi connectivity index (χ3n) is 2.79. The maximum Gasteiger partial charge on any atom is 0.268 e. The van der Waals surface area contributed by atoms with E-state index in [1.165, 1.54) is 4.57 Å². The maximum absolute atomic E-state index is 11.8. The van der Waals surface area contributed by atoms with Crippen LogP contribution in [-0.2, 0) is 6.54 Å². The van der Waals surface area contributed by atoms with E-state index in [-0.39, 0.29) is 11.1 Å². The van der Waals surface area contributed by atoms with Gasteiger partial charge in [-0.25, -0.2) is 0 Å². The Kier molecular flexibility index (Phi) is 3.16. The van der Waals surface area contributed by atoms with Crippen molar-refractivity contribution in [2.24, 2.45) is 0 Å². The Morgan fingerprint density at radius 2 is 1.94 bits per heavy atom. The number of anilines is 1. The normalized spacial score (nSPS) is 10.0. The van der Waals surface area contributed by atoms with E-state index >= 15 is 0 Å². The molecule has 0 fully saturated rings. The first kappa shape index (κ1) is 11.9. The summed E-state index contributed by atoms with van der Waals surface area (Å²) in [6, 6.07) is 10.9. The first-order valence-electron chi connectivity index (χ1n) is 5.66. The zero-order chi connectivity index (χ0) is 13.1. The average Bonchev–Trinajstić information content (AvgIpc) is 2.40. The Balaban J connectivity index is 2.62. The van der Waals surface area contributed by atoms with Gasteiger partial charge >= 0.3 is 0 Å². The molecule has 0 aliphatic rings. The molecule has 0 spiro atoms. The molecule has 0 unspecified atom stereocenters. The summed E-state index contributed by atoms with van der Waals surface area (Å²) in [6.07, 6.45) is 1.76. The molecule has 0 saturated heterocycles. The molecule has 1 aromatic carbocycles. The van der Waals surface area contributed by atoms with Crippen molar-refractivity contribution in [3.63, 3.8) is 0 Å². The van der Waals surface area contributed by atoms with Crippen LogP contribution >= 0.6 is 0 Å². The smallest absolute Gasteiger partial charge is 0.268 e. The molecule has 1 heterocycles. The van der Waals surface area contributed by atoms with Crippen LogP contribution in [-0.4, -0.2) is 4.57 Å². The predicted molar refractivity (Wildman–Crippen MR) is 70.9 cm³/mol. The summed E-state index contributed by atoms with van der Waals surface area (Å²) in [5, 5.41) is 8.97. The summed E-state index contributed by atoms with van der Waals surface area (Å²) in [4.78, 5) is 11.8. The van der Waals surface area contributed by atoms with E-state index in [9.17, 15) is 4.79 Å². The van der Waals surface area contributed by atoms with E-state index in [4.69, 9.17) is 11.0 Å². The number of pyridine rings is 1. The molecule has 18 heavy (non-hydrogen) atoms. The van der Waals surface area contributed by atoms with E-state index in [1.54, 1.807) is 24.4 Å². The number of nitriles is 1. The molecule has 0 aliphatic heterocycles. The SMILES string of the molecule is CCn1cc(-c2ccc(N)cc2)cc(C#N)c1=O. The highest BCUT2D eigenvalue weighted by molar-refractivity contribution is 5.66. The highest BCUT2D eigenvalue weighted by Gasteiger charge is 2.06. The van der Waals surface area contributed by atoms with Crippen LogP contribution < -0.4 is 11.3 Å². The second kappa shape index (κ2) is 4.76.